The average Bonchev–Trinajstić information content (AvgIpc) is 2.29. The minimum absolute atomic E-state index is 0.0654. The Labute approximate surface area is 98.6 Å². The Morgan fingerprint density at radius 1 is 1.56 bits per heavy atom. The number of morpholine rings is 1. The highest BCUT2D eigenvalue weighted by Crippen LogP contribution is 2.14. The van der Waals surface area contributed by atoms with Gasteiger partial charge in [0.15, 0.2) is 0 Å². The number of hydrogen-bond acceptors (Lipinski definition) is 4. The van der Waals surface area contributed by atoms with Crippen molar-refractivity contribution in [2.75, 3.05) is 26.2 Å². The topological polar surface area (TPSA) is 48.3 Å². The van der Waals surface area contributed by atoms with E-state index in [9.17, 15) is 0 Å². The largest absolute Gasteiger partial charge is 0.376 e. The zero-order valence-corrected chi connectivity index (χ0v) is 10.6. The maximum absolute atomic E-state index is 9.04. The van der Waals surface area contributed by atoms with E-state index in [0.717, 1.165) is 32.7 Å². The van der Waals surface area contributed by atoms with Crippen LogP contribution in [0.1, 0.15) is 27.2 Å². The third-order valence-corrected chi connectivity index (χ3v) is 3.08. The van der Waals surface area contributed by atoms with Gasteiger partial charge in [-0.15, -0.1) is 0 Å². The number of rotatable bonds is 5. The van der Waals surface area contributed by atoms with E-state index in [1.165, 1.54) is 0 Å². The van der Waals surface area contributed by atoms with Crippen molar-refractivity contribution in [2.45, 2.75) is 45.4 Å². The predicted molar refractivity (Wildman–Crippen MR) is 64.1 cm³/mol. The molecule has 0 saturated carbocycles. The SMILES string of the molecule is CCNC(C#N)CN1CC(C)OCC1CC. The molecule has 0 radical (unpaired) electrons. The Morgan fingerprint density at radius 3 is 2.88 bits per heavy atom. The minimum Gasteiger partial charge on any atom is -0.376 e. The summed E-state index contributed by atoms with van der Waals surface area (Å²) < 4.78 is 5.64. The highest BCUT2D eigenvalue weighted by atomic mass is 16.5. The number of ether oxygens (including phenoxy) is 1. The molecule has 0 aromatic heterocycles. The maximum Gasteiger partial charge on any atom is 0.108 e. The molecule has 0 aromatic rings. The van der Waals surface area contributed by atoms with Gasteiger partial charge in [0.2, 0.25) is 0 Å². The molecule has 0 spiro atoms. The number of likely N-dealkylation sites (N-methyl/N-ethyl adjacent to an activating group) is 1. The first-order valence-corrected chi connectivity index (χ1v) is 6.19. The van der Waals surface area contributed by atoms with Crippen molar-refractivity contribution in [1.82, 2.24) is 10.2 Å². The molecule has 0 aromatic carbocycles. The third kappa shape index (κ3) is 3.75. The zero-order chi connectivity index (χ0) is 12.0. The molecule has 3 atom stereocenters. The molecule has 16 heavy (non-hydrogen) atoms. The first-order valence-electron chi connectivity index (χ1n) is 6.19. The monoisotopic (exact) mass is 225 g/mol. The number of nitrogens with one attached hydrogen (secondary N) is 1. The first-order chi connectivity index (χ1) is 7.71. The van der Waals surface area contributed by atoms with Crippen molar-refractivity contribution in [2.24, 2.45) is 0 Å². The Kier molecular flexibility index (Phi) is 5.75. The zero-order valence-electron chi connectivity index (χ0n) is 10.6. The normalized spacial score (nSPS) is 28.6. The minimum atomic E-state index is -0.0654. The molecule has 1 fully saturated rings. The van der Waals surface area contributed by atoms with Gasteiger partial charge >= 0.3 is 0 Å². The Balaban J connectivity index is 2.51. The lowest BCUT2D eigenvalue weighted by atomic mass is 10.1. The van der Waals surface area contributed by atoms with E-state index in [0.29, 0.717) is 6.04 Å². The van der Waals surface area contributed by atoms with Gasteiger partial charge in [0.1, 0.15) is 6.04 Å². The summed E-state index contributed by atoms with van der Waals surface area (Å²) in [5, 5.41) is 12.2. The Bertz CT molecular complexity index is 239. The van der Waals surface area contributed by atoms with Crippen LogP contribution in [0.15, 0.2) is 0 Å². The van der Waals surface area contributed by atoms with Gasteiger partial charge in [-0.05, 0) is 19.9 Å². The number of nitrogens with zero attached hydrogens (tertiary/aromatic N) is 2. The molecule has 1 N–H and O–H groups in total. The third-order valence-electron chi connectivity index (χ3n) is 3.08. The molecule has 0 bridgehead atoms. The molecule has 0 aliphatic carbocycles. The van der Waals surface area contributed by atoms with Crippen molar-refractivity contribution >= 4 is 0 Å². The summed E-state index contributed by atoms with van der Waals surface area (Å²) in [4.78, 5) is 2.38. The quantitative estimate of drug-likeness (QED) is 0.758. The molecule has 4 heteroatoms. The lowest BCUT2D eigenvalue weighted by Gasteiger charge is -2.39. The van der Waals surface area contributed by atoms with E-state index in [1.54, 1.807) is 0 Å². The van der Waals surface area contributed by atoms with E-state index in [1.807, 2.05) is 6.92 Å². The molecule has 3 unspecified atom stereocenters. The molecule has 1 heterocycles. The highest BCUT2D eigenvalue weighted by Gasteiger charge is 2.27. The van der Waals surface area contributed by atoms with Gasteiger partial charge in [-0.25, -0.2) is 0 Å². The second-order valence-electron chi connectivity index (χ2n) is 4.40. The van der Waals surface area contributed by atoms with Crippen molar-refractivity contribution in [3.05, 3.63) is 0 Å². The lowest BCUT2D eigenvalue weighted by Crippen LogP contribution is -2.52. The van der Waals surface area contributed by atoms with Gasteiger partial charge < -0.3 is 10.1 Å². The fourth-order valence-electron chi connectivity index (χ4n) is 2.14. The molecular weight excluding hydrogens is 202 g/mol. The molecule has 1 saturated heterocycles. The average molecular weight is 225 g/mol. The second-order valence-corrected chi connectivity index (χ2v) is 4.40. The molecule has 1 aliphatic heterocycles. The van der Waals surface area contributed by atoms with Crippen molar-refractivity contribution < 1.29 is 4.74 Å². The van der Waals surface area contributed by atoms with Crippen molar-refractivity contribution in [3.8, 4) is 6.07 Å². The molecule has 4 nitrogen and oxygen atoms in total. The fourth-order valence-corrected chi connectivity index (χ4v) is 2.14. The van der Waals surface area contributed by atoms with Crippen LogP contribution in [-0.2, 0) is 4.74 Å². The Hall–Kier alpha value is -0.630. The van der Waals surface area contributed by atoms with Crippen LogP contribution in [-0.4, -0.2) is 49.3 Å². The van der Waals surface area contributed by atoms with Crippen LogP contribution in [0, 0.1) is 11.3 Å². The summed E-state index contributed by atoms with van der Waals surface area (Å²) in [6.07, 6.45) is 1.36. The smallest absolute Gasteiger partial charge is 0.108 e. The maximum atomic E-state index is 9.04. The van der Waals surface area contributed by atoms with E-state index in [4.69, 9.17) is 10.00 Å². The van der Waals surface area contributed by atoms with Crippen LogP contribution >= 0.6 is 0 Å². The van der Waals surface area contributed by atoms with Crippen molar-refractivity contribution in [1.29, 1.82) is 5.26 Å². The van der Waals surface area contributed by atoms with Gasteiger partial charge in [-0.3, -0.25) is 4.90 Å². The van der Waals surface area contributed by atoms with Crippen molar-refractivity contribution in [3.63, 3.8) is 0 Å². The van der Waals surface area contributed by atoms with Gasteiger partial charge in [0.05, 0.1) is 18.8 Å². The summed E-state index contributed by atoms with van der Waals surface area (Å²) in [5.41, 5.74) is 0. The molecule has 1 rings (SSSR count). The summed E-state index contributed by atoms with van der Waals surface area (Å²) in [7, 11) is 0. The summed E-state index contributed by atoms with van der Waals surface area (Å²) in [6, 6.07) is 2.71. The van der Waals surface area contributed by atoms with Gasteiger partial charge in [0.25, 0.3) is 0 Å². The molecular formula is C12H23N3O. The molecule has 0 amide bonds. The lowest BCUT2D eigenvalue weighted by molar-refractivity contribution is -0.0568. The van der Waals surface area contributed by atoms with Crippen LogP contribution < -0.4 is 5.32 Å². The number of hydrogen-bond donors (Lipinski definition) is 1. The first kappa shape index (κ1) is 13.4. The van der Waals surface area contributed by atoms with Gasteiger partial charge in [-0.2, -0.15) is 5.26 Å². The van der Waals surface area contributed by atoms with Crippen LogP contribution in [0.3, 0.4) is 0 Å². The van der Waals surface area contributed by atoms with Gasteiger partial charge in [0, 0.05) is 19.1 Å². The van der Waals surface area contributed by atoms with Crippen LogP contribution in [0.4, 0.5) is 0 Å². The van der Waals surface area contributed by atoms with E-state index < -0.39 is 0 Å². The van der Waals surface area contributed by atoms with Crippen LogP contribution in [0.2, 0.25) is 0 Å². The van der Waals surface area contributed by atoms with E-state index >= 15 is 0 Å². The number of nitriles is 1. The highest BCUT2D eigenvalue weighted by molar-refractivity contribution is 4.94. The molecule has 1 aliphatic rings. The predicted octanol–water partition coefficient (Wildman–Crippen LogP) is 0.987. The summed E-state index contributed by atoms with van der Waals surface area (Å²) >= 11 is 0. The second kappa shape index (κ2) is 6.85. The molecule has 92 valence electrons. The summed E-state index contributed by atoms with van der Waals surface area (Å²) in [6.45, 7) is 9.66. The Morgan fingerprint density at radius 2 is 2.31 bits per heavy atom. The van der Waals surface area contributed by atoms with Gasteiger partial charge in [-0.1, -0.05) is 13.8 Å². The van der Waals surface area contributed by atoms with Crippen LogP contribution in [0.5, 0.6) is 0 Å². The fraction of sp³-hybridized carbons (Fsp3) is 0.917. The summed E-state index contributed by atoms with van der Waals surface area (Å²) in [5.74, 6) is 0. The standard InChI is InChI=1S/C12H23N3O/c1-4-12-9-16-10(3)7-15(12)8-11(6-13)14-5-2/h10-12,14H,4-5,7-9H2,1-3H3. The van der Waals surface area contributed by atoms with Crippen LogP contribution in [0.25, 0.3) is 0 Å². The van der Waals surface area contributed by atoms with E-state index in [-0.39, 0.29) is 12.1 Å². The van der Waals surface area contributed by atoms with E-state index in [2.05, 4.69) is 30.1 Å².